The maximum atomic E-state index is 13.1. The maximum absolute atomic E-state index is 13.1. The summed E-state index contributed by atoms with van der Waals surface area (Å²) in [6, 6.07) is 3.62. The molecule has 2 fully saturated rings. The first-order chi connectivity index (χ1) is 12.1. The lowest BCUT2D eigenvalue weighted by atomic mass is 9.90. The molecule has 152 valence electrons. The molecule has 27 heavy (non-hydrogen) atoms. The molecule has 0 saturated carbocycles. The normalized spacial score (nSPS) is 23.0. The molecule has 6 nitrogen and oxygen atoms in total. The number of carbonyl (C=O) groups is 2. The van der Waals surface area contributed by atoms with Gasteiger partial charge < -0.3 is 15.1 Å². The molecule has 2 amide bonds. The van der Waals surface area contributed by atoms with Gasteiger partial charge in [-0.2, -0.15) is 0 Å². The molecule has 8 heteroatoms. The molecule has 0 aromatic carbocycles. The number of rotatable bonds is 5. The lowest BCUT2D eigenvalue weighted by molar-refractivity contribution is -0.138. The van der Waals surface area contributed by atoms with Crippen LogP contribution in [0, 0.1) is 11.8 Å². The highest BCUT2D eigenvalue weighted by Gasteiger charge is 2.44. The summed E-state index contributed by atoms with van der Waals surface area (Å²) in [5.74, 6) is 0.559. The maximum Gasteiger partial charge on any atom is 0.228 e. The first-order valence-corrected chi connectivity index (χ1v) is 9.20. The number of piperidine rings is 1. The highest BCUT2D eigenvalue weighted by Crippen LogP contribution is 2.38. The van der Waals surface area contributed by atoms with Gasteiger partial charge in [-0.3, -0.25) is 14.6 Å². The summed E-state index contributed by atoms with van der Waals surface area (Å²) in [5.41, 5.74) is 0.943. The van der Waals surface area contributed by atoms with E-state index in [0.717, 1.165) is 38.0 Å². The molecule has 3 heterocycles. The zero-order chi connectivity index (χ0) is 17.8. The van der Waals surface area contributed by atoms with Gasteiger partial charge in [0.25, 0.3) is 0 Å². The second-order valence-corrected chi connectivity index (χ2v) is 7.21. The van der Waals surface area contributed by atoms with Crippen molar-refractivity contribution >= 4 is 36.6 Å². The zero-order valence-corrected chi connectivity index (χ0v) is 17.6. The Labute approximate surface area is 173 Å². The second kappa shape index (κ2) is 10.8. The summed E-state index contributed by atoms with van der Waals surface area (Å²) >= 11 is 0. The van der Waals surface area contributed by atoms with Crippen LogP contribution in [0.25, 0.3) is 0 Å². The fourth-order valence-corrected chi connectivity index (χ4v) is 4.12. The van der Waals surface area contributed by atoms with E-state index in [0.29, 0.717) is 12.3 Å². The van der Waals surface area contributed by atoms with Gasteiger partial charge in [0.1, 0.15) is 0 Å². The van der Waals surface area contributed by atoms with Crippen molar-refractivity contribution in [3.8, 4) is 0 Å². The average molecular weight is 417 g/mol. The summed E-state index contributed by atoms with van der Waals surface area (Å²) in [6.45, 7) is 2.65. The summed E-state index contributed by atoms with van der Waals surface area (Å²) in [4.78, 5) is 33.2. The quantitative estimate of drug-likeness (QED) is 0.799. The van der Waals surface area contributed by atoms with Crippen LogP contribution in [-0.2, 0) is 9.59 Å². The van der Waals surface area contributed by atoms with Crippen molar-refractivity contribution < 1.29 is 9.59 Å². The van der Waals surface area contributed by atoms with E-state index >= 15 is 0 Å². The van der Waals surface area contributed by atoms with Gasteiger partial charge in [-0.1, -0.05) is 6.07 Å². The van der Waals surface area contributed by atoms with Crippen LogP contribution in [0.3, 0.4) is 0 Å². The molecule has 0 spiro atoms. The Hall–Kier alpha value is -1.37. The monoisotopic (exact) mass is 416 g/mol. The summed E-state index contributed by atoms with van der Waals surface area (Å²) in [7, 11) is 3.77. The van der Waals surface area contributed by atoms with Crippen LogP contribution in [0.4, 0.5) is 0 Å². The highest BCUT2D eigenvalue weighted by atomic mass is 35.5. The number of pyridine rings is 1. The molecule has 2 aliphatic heterocycles. The molecule has 1 N–H and O–H groups in total. The van der Waals surface area contributed by atoms with Crippen LogP contribution in [0.15, 0.2) is 24.5 Å². The molecular weight excluding hydrogens is 387 g/mol. The number of amides is 2. The number of nitrogens with zero attached hydrogens (tertiary/aromatic N) is 3. The van der Waals surface area contributed by atoms with E-state index in [1.807, 2.05) is 24.1 Å². The van der Waals surface area contributed by atoms with E-state index in [2.05, 4.69) is 10.3 Å². The van der Waals surface area contributed by atoms with Gasteiger partial charge in [-0.05, 0) is 50.4 Å². The Morgan fingerprint density at radius 1 is 1.30 bits per heavy atom. The van der Waals surface area contributed by atoms with Crippen LogP contribution in [-0.4, -0.2) is 60.3 Å². The van der Waals surface area contributed by atoms with Crippen LogP contribution < -0.4 is 5.32 Å². The lowest BCUT2D eigenvalue weighted by Gasteiger charge is -2.35. The summed E-state index contributed by atoms with van der Waals surface area (Å²) in [6.07, 6.45) is 7.07. The van der Waals surface area contributed by atoms with Gasteiger partial charge in [0.15, 0.2) is 0 Å². The Morgan fingerprint density at radius 3 is 2.59 bits per heavy atom. The molecule has 1 aromatic rings. The second-order valence-electron chi connectivity index (χ2n) is 7.21. The Balaban J connectivity index is 0.00000182. The number of hydrogen-bond acceptors (Lipinski definition) is 4. The van der Waals surface area contributed by atoms with Crippen LogP contribution in [0.1, 0.15) is 37.3 Å². The van der Waals surface area contributed by atoms with E-state index < -0.39 is 0 Å². The van der Waals surface area contributed by atoms with Crippen molar-refractivity contribution in [1.29, 1.82) is 0 Å². The number of likely N-dealkylation sites (tertiary alicyclic amines) is 2. The molecule has 0 radical (unpaired) electrons. The minimum Gasteiger partial charge on any atom is -0.342 e. The minimum absolute atomic E-state index is 0. The summed E-state index contributed by atoms with van der Waals surface area (Å²) in [5, 5.41) is 3.20. The number of aromatic nitrogens is 1. The average Bonchev–Trinajstić information content (AvgIpc) is 2.95. The third kappa shape index (κ3) is 5.33. The molecule has 2 unspecified atom stereocenters. The zero-order valence-electron chi connectivity index (χ0n) is 16.0. The minimum atomic E-state index is -0.296. The molecule has 0 bridgehead atoms. The van der Waals surface area contributed by atoms with Crippen molar-refractivity contribution in [3.05, 3.63) is 30.1 Å². The first kappa shape index (κ1) is 23.7. The van der Waals surface area contributed by atoms with Gasteiger partial charge in [-0.25, -0.2) is 0 Å². The Bertz CT molecular complexity index is 609. The molecule has 3 rings (SSSR count). The fraction of sp³-hybridized carbons (Fsp3) is 0.632. The van der Waals surface area contributed by atoms with E-state index in [-0.39, 0.29) is 48.6 Å². The number of carbonyl (C=O) groups excluding carboxylic acids is 2. The van der Waals surface area contributed by atoms with Crippen molar-refractivity contribution in [2.75, 3.05) is 33.7 Å². The van der Waals surface area contributed by atoms with Crippen LogP contribution in [0.2, 0.25) is 0 Å². The Morgan fingerprint density at radius 2 is 2.00 bits per heavy atom. The first-order valence-electron chi connectivity index (χ1n) is 9.20. The largest absolute Gasteiger partial charge is 0.342 e. The van der Waals surface area contributed by atoms with Gasteiger partial charge in [0.2, 0.25) is 11.8 Å². The van der Waals surface area contributed by atoms with Crippen molar-refractivity contribution in [1.82, 2.24) is 20.1 Å². The predicted molar refractivity (Wildman–Crippen MR) is 110 cm³/mol. The highest BCUT2D eigenvalue weighted by molar-refractivity contribution is 5.90. The predicted octanol–water partition coefficient (Wildman–Crippen LogP) is 2.29. The number of halogens is 2. The third-order valence-corrected chi connectivity index (χ3v) is 5.66. The molecule has 2 saturated heterocycles. The SMILES string of the molecule is CNCCC1CCN(C(=O)C2CC(=O)N(C)C2c2cccnc2)CC1.Cl.Cl. The number of nitrogens with one attached hydrogen (secondary N) is 1. The van der Waals surface area contributed by atoms with Crippen molar-refractivity contribution in [2.45, 2.75) is 31.7 Å². The van der Waals surface area contributed by atoms with E-state index in [9.17, 15) is 9.59 Å². The van der Waals surface area contributed by atoms with Crippen LogP contribution >= 0.6 is 24.8 Å². The molecule has 1 aromatic heterocycles. The van der Waals surface area contributed by atoms with Gasteiger partial charge in [0.05, 0.1) is 12.0 Å². The van der Waals surface area contributed by atoms with Crippen molar-refractivity contribution in [2.24, 2.45) is 11.8 Å². The molecule has 0 aliphatic carbocycles. The van der Waals surface area contributed by atoms with Crippen LogP contribution in [0.5, 0.6) is 0 Å². The van der Waals surface area contributed by atoms with Crippen molar-refractivity contribution in [3.63, 3.8) is 0 Å². The van der Waals surface area contributed by atoms with Gasteiger partial charge in [-0.15, -0.1) is 24.8 Å². The Kier molecular flexibility index (Phi) is 9.50. The van der Waals surface area contributed by atoms with Gasteiger partial charge in [0, 0.05) is 39.0 Å². The molecular formula is C19H30Cl2N4O2. The lowest BCUT2D eigenvalue weighted by Crippen LogP contribution is -2.43. The smallest absolute Gasteiger partial charge is 0.228 e. The molecule has 2 atom stereocenters. The summed E-state index contributed by atoms with van der Waals surface area (Å²) < 4.78 is 0. The van der Waals surface area contributed by atoms with E-state index in [1.54, 1.807) is 24.3 Å². The number of hydrogen-bond donors (Lipinski definition) is 1. The fourth-order valence-electron chi connectivity index (χ4n) is 4.12. The third-order valence-electron chi connectivity index (χ3n) is 5.66. The van der Waals surface area contributed by atoms with E-state index in [4.69, 9.17) is 0 Å². The van der Waals surface area contributed by atoms with Gasteiger partial charge >= 0.3 is 0 Å². The topological polar surface area (TPSA) is 65.5 Å². The standard InChI is InChI=1S/C19H28N4O2.2ClH/c1-20-9-5-14-6-10-23(11-7-14)19(25)16-12-17(24)22(2)18(16)15-4-3-8-21-13-15;;/h3-4,8,13-14,16,18,20H,5-7,9-12H2,1-2H3;2*1H. The molecule has 2 aliphatic rings. The van der Waals surface area contributed by atoms with E-state index in [1.165, 1.54) is 6.42 Å².